The molecule has 0 saturated heterocycles. The number of halogens is 3. The number of rotatable bonds is 3. The van der Waals surface area contributed by atoms with Crippen molar-refractivity contribution in [3.05, 3.63) is 57.1 Å². The molecule has 8 heteroatoms. The zero-order valence-electron chi connectivity index (χ0n) is 10.9. The number of hydrogen-bond acceptors (Lipinski definition) is 2. The van der Waals surface area contributed by atoms with E-state index in [2.05, 4.69) is 25.6 Å². The summed E-state index contributed by atoms with van der Waals surface area (Å²) in [6.07, 6.45) is 1.79. The van der Waals surface area contributed by atoms with E-state index in [0.29, 0.717) is 5.69 Å². The number of nitrogens with one attached hydrogen (secondary N) is 2. The van der Waals surface area contributed by atoms with E-state index in [1.54, 1.807) is 24.4 Å². The Kier molecular flexibility index (Phi) is 4.11. The van der Waals surface area contributed by atoms with Crippen LogP contribution in [-0.4, -0.2) is 13.4 Å². The average molecular weight is 420 g/mol. The van der Waals surface area contributed by atoms with Crippen LogP contribution in [-0.2, 0) is 10.0 Å². The van der Waals surface area contributed by atoms with Gasteiger partial charge in [0.2, 0.25) is 0 Å². The molecule has 0 saturated carbocycles. The van der Waals surface area contributed by atoms with Crippen LogP contribution in [0, 0.1) is 0 Å². The third-order valence-electron chi connectivity index (χ3n) is 3.03. The number of hydrogen-bond donors (Lipinski definition) is 2. The molecular formula is C14H9BrCl2N2O2S. The van der Waals surface area contributed by atoms with Crippen molar-refractivity contribution in [2.24, 2.45) is 0 Å². The van der Waals surface area contributed by atoms with Gasteiger partial charge in [0.15, 0.2) is 0 Å². The molecule has 0 bridgehead atoms. The van der Waals surface area contributed by atoms with Gasteiger partial charge in [0.25, 0.3) is 10.0 Å². The molecule has 0 radical (unpaired) electrons. The quantitative estimate of drug-likeness (QED) is 0.624. The lowest BCUT2D eigenvalue weighted by atomic mass is 10.2. The average Bonchev–Trinajstić information content (AvgIpc) is 2.79. The number of sulfonamides is 1. The van der Waals surface area contributed by atoms with E-state index in [1.807, 2.05) is 0 Å². The predicted octanol–water partition coefficient (Wildman–Crippen LogP) is 5.04. The summed E-state index contributed by atoms with van der Waals surface area (Å²) in [4.78, 5) is 3.08. The lowest BCUT2D eigenvalue weighted by molar-refractivity contribution is 0.601. The minimum absolute atomic E-state index is 0.0123. The van der Waals surface area contributed by atoms with Crippen molar-refractivity contribution in [3.8, 4) is 0 Å². The third kappa shape index (κ3) is 3.10. The zero-order valence-corrected chi connectivity index (χ0v) is 14.8. The predicted molar refractivity (Wildman–Crippen MR) is 93.3 cm³/mol. The van der Waals surface area contributed by atoms with Crippen molar-refractivity contribution < 1.29 is 8.42 Å². The maximum absolute atomic E-state index is 12.4. The van der Waals surface area contributed by atoms with Gasteiger partial charge in [-0.3, -0.25) is 4.72 Å². The second-order valence-electron chi connectivity index (χ2n) is 4.61. The minimum atomic E-state index is -3.77. The highest BCUT2D eigenvalue weighted by Gasteiger charge is 2.16. The van der Waals surface area contributed by atoms with Crippen molar-refractivity contribution in [1.82, 2.24) is 4.98 Å². The summed E-state index contributed by atoms with van der Waals surface area (Å²) in [7, 11) is -3.77. The summed E-state index contributed by atoms with van der Waals surface area (Å²) in [6, 6.07) is 9.38. The molecule has 0 spiro atoms. The number of aromatic amines is 1. The van der Waals surface area contributed by atoms with Gasteiger partial charge in [-0.25, -0.2) is 8.42 Å². The van der Waals surface area contributed by atoms with E-state index >= 15 is 0 Å². The number of fused-ring (bicyclic) bond motifs is 1. The van der Waals surface area contributed by atoms with E-state index in [0.717, 1.165) is 15.4 Å². The number of aromatic nitrogens is 1. The minimum Gasteiger partial charge on any atom is -0.360 e. The Balaban J connectivity index is 2.00. The highest BCUT2D eigenvalue weighted by molar-refractivity contribution is 9.10. The van der Waals surface area contributed by atoms with Gasteiger partial charge in [0, 0.05) is 37.3 Å². The van der Waals surface area contributed by atoms with Crippen LogP contribution >= 0.6 is 39.1 Å². The molecule has 2 aromatic carbocycles. The molecule has 0 fully saturated rings. The highest BCUT2D eigenvalue weighted by Crippen LogP contribution is 2.28. The summed E-state index contributed by atoms with van der Waals surface area (Å²) in [5, 5.41) is 1.40. The lowest BCUT2D eigenvalue weighted by Crippen LogP contribution is -2.12. The lowest BCUT2D eigenvalue weighted by Gasteiger charge is -2.09. The fraction of sp³-hybridized carbons (Fsp3) is 0. The summed E-state index contributed by atoms with van der Waals surface area (Å²) in [6.45, 7) is 0. The van der Waals surface area contributed by atoms with Crippen LogP contribution in [0.15, 0.2) is 52.0 Å². The molecule has 1 aromatic heterocycles. The SMILES string of the molecule is O=S(=O)(Nc1ccc2[nH]cc(Br)c2c1)c1cc(Cl)cc(Cl)c1. The van der Waals surface area contributed by atoms with Gasteiger partial charge < -0.3 is 4.98 Å². The molecule has 22 heavy (non-hydrogen) atoms. The molecular weight excluding hydrogens is 411 g/mol. The van der Waals surface area contributed by atoms with Crippen LogP contribution in [0.2, 0.25) is 10.0 Å². The largest absolute Gasteiger partial charge is 0.360 e. The van der Waals surface area contributed by atoms with E-state index in [-0.39, 0.29) is 14.9 Å². The van der Waals surface area contributed by atoms with Gasteiger partial charge in [0.05, 0.1) is 4.90 Å². The topological polar surface area (TPSA) is 62.0 Å². The molecule has 2 N–H and O–H groups in total. The van der Waals surface area contributed by atoms with Crippen molar-refractivity contribution in [2.45, 2.75) is 4.90 Å². The van der Waals surface area contributed by atoms with Crippen molar-refractivity contribution >= 4 is 65.7 Å². The number of anilines is 1. The number of H-pyrrole nitrogens is 1. The Hall–Kier alpha value is -1.21. The molecule has 114 valence electrons. The Morgan fingerprint density at radius 1 is 1.05 bits per heavy atom. The Bertz CT molecular complexity index is 950. The summed E-state index contributed by atoms with van der Waals surface area (Å²) >= 11 is 15.1. The maximum Gasteiger partial charge on any atom is 0.261 e. The van der Waals surface area contributed by atoms with Gasteiger partial charge in [0.1, 0.15) is 0 Å². The van der Waals surface area contributed by atoms with E-state index in [9.17, 15) is 8.42 Å². The molecule has 3 aromatic rings. The monoisotopic (exact) mass is 418 g/mol. The van der Waals surface area contributed by atoms with E-state index < -0.39 is 10.0 Å². The summed E-state index contributed by atoms with van der Waals surface area (Å²) in [5.41, 5.74) is 1.35. The highest BCUT2D eigenvalue weighted by atomic mass is 79.9. The second kappa shape index (κ2) is 5.77. The van der Waals surface area contributed by atoms with Crippen LogP contribution in [0.25, 0.3) is 10.9 Å². The van der Waals surface area contributed by atoms with Gasteiger partial charge >= 0.3 is 0 Å². The van der Waals surface area contributed by atoms with Crippen molar-refractivity contribution in [3.63, 3.8) is 0 Å². The van der Waals surface area contributed by atoms with Crippen LogP contribution in [0.3, 0.4) is 0 Å². The molecule has 1 heterocycles. The second-order valence-corrected chi connectivity index (χ2v) is 8.02. The summed E-state index contributed by atoms with van der Waals surface area (Å²) < 4.78 is 28.2. The molecule has 0 unspecified atom stereocenters. The first-order valence-electron chi connectivity index (χ1n) is 6.11. The fourth-order valence-electron chi connectivity index (χ4n) is 2.05. The Morgan fingerprint density at radius 3 is 2.41 bits per heavy atom. The van der Waals surface area contributed by atoms with Crippen molar-refractivity contribution in [1.29, 1.82) is 0 Å². The van der Waals surface area contributed by atoms with E-state index in [4.69, 9.17) is 23.2 Å². The molecule has 4 nitrogen and oxygen atoms in total. The molecule has 3 rings (SSSR count). The molecule has 0 aliphatic rings. The van der Waals surface area contributed by atoms with E-state index in [1.165, 1.54) is 18.2 Å². The van der Waals surface area contributed by atoms with Crippen LogP contribution in [0.5, 0.6) is 0 Å². The van der Waals surface area contributed by atoms with Gasteiger partial charge in [-0.15, -0.1) is 0 Å². The molecule has 0 aliphatic heterocycles. The third-order valence-corrected chi connectivity index (χ3v) is 5.48. The molecule has 0 amide bonds. The standard InChI is InChI=1S/C14H9BrCl2N2O2S/c15-13-7-18-14-2-1-10(6-12(13)14)19-22(20,21)11-4-8(16)3-9(17)5-11/h1-7,18-19H. The van der Waals surface area contributed by atoms with Crippen molar-refractivity contribution in [2.75, 3.05) is 4.72 Å². The van der Waals surface area contributed by atoms with Gasteiger partial charge in [-0.05, 0) is 52.3 Å². The van der Waals surface area contributed by atoms with Gasteiger partial charge in [-0.1, -0.05) is 23.2 Å². The summed E-state index contributed by atoms with van der Waals surface area (Å²) in [5.74, 6) is 0. The first kappa shape index (κ1) is 15.7. The molecule has 0 atom stereocenters. The van der Waals surface area contributed by atoms with Gasteiger partial charge in [-0.2, -0.15) is 0 Å². The first-order valence-corrected chi connectivity index (χ1v) is 9.14. The van der Waals surface area contributed by atoms with Crippen LogP contribution in [0.1, 0.15) is 0 Å². The maximum atomic E-state index is 12.4. The normalized spacial score (nSPS) is 11.8. The fourth-order valence-corrected chi connectivity index (χ4v) is 4.27. The molecule has 0 aliphatic carbocycles. The zero-order chi connectivity index (χ0) is 15.9. The number of benzene rings is 2. The Morgan fingerprint density at radius 2 is 1.73 bits per heavy atom. The first-order chi connectivity index (χ1) is 10.3. The smallest absolute Gasteiger partial charge is 0.261 e. The Labute approximate surface area is 145 Å². The van der Waals surface area contributed by atoms with Crippen LogP contribution in [0.4, 0.5) is 5.69 Å². The van der Waals surface area contributed by atoms with Crippen LogP contribution < -0.4 is 4.72 Å².